The van der Waals surface area contributed by atoms with Crippen LogP contribution >= 0.6 is 11.8 Å². The summed E-state index contributed by atoms with van der Waals surface area (Å²) in [6.07, 6.45) is 0. The summed E-state index contributed by atoms with van der Waals surface area (Å²) in [6, 6.07) is 9.79. The van der Waals surface area contributed by atoms with E-state index in [-0.39, 0.29) is 17.2 Å². The van der Waals surface area contributed by atoms with Gasteiger partial charge >= 0.3 is 0 Å². The number of anilines is 2. The minimum Gasteiger partial charge on any atom is -0.504 e. The molecule has 4 N–H and O–H groups in total. The largest absolute Gasteiger partial charge is 0.504 e. The molecule has 1 amide bonds. The summed E-state index contributed by atoms with van der Waals surface area (Å²) in [4.78, 5) is 15.2. The van der Waals surface area contributed by atoms with Gasteiger partial charge in [-0.3, -0.25) is 4.79 Å². The average Bonchev–Trinajstić information content (AvgIpc) is 2.48. The third-order valence-electron chi connectivity index (χ3n) is 3.34. The molecule has 1 aliphatic rings. The Morgan fingerprint density at radius 1 is 1.24 bits per heavy atom. The number of phenolic OH excluding ortho intramolecular Hbond substituents is 2. The maximum atomic E-state index is 12.7. The van der Waals surface area contributed by atoms with Crippen molar-refractivity contribution in [2.75, 3.05) is 22.9 Å². The van der Waals surface area contributed by atoms with E-state index in [1.165, 1.54) is 18.2 Å². The maximum Gasteiger partial charge on any atom is 0.262 e. The Bertz CT molecular complexity index is 718. The van der Waals surface area contributed by atoms with Crippen molar-refractivity contribution in [2.45, 2.75) is 4.90 Å². The van der Waals surface area contributed by atoms with Gasteiger partial charge in [0.2, 0.25) is 0 Å². The maximum absolute atomic E-state index is 12.7. The number of carbonyl (C=O) groups is 1. The van der Waals surface area contributed by atoms with Crippen LogP contribution in [-0.2, 0) is 0 Å². The average molecular weight is 302 g/mol. The number of hydrogen-bond acceptors (Lipinski definition) is 5. The van der Waals surface area contributed by atoms with Crippen LogP contribution in [0.4, 0.5) is 11.4 Å². The molecule has 0 spiro atoms. The zero-order valence-corrected chi connectivity index (χ0v) is 11.9. The number of amides is 1. The van der Waals surface area contributed by atoms with Crippen LogP contribution in [0.2, 0.25) is 0 Å². The minimum absolute atomic E-state index is 0.0790. The molecule has 0 aliphatic carbocycles. The van der Waals surface area contributed by atoms with E-state index in [1.54, 1.807) is 28.8 Å². The molecule has 0 atom stereocenters. The van der Waals surface area contributed by atoms with E-state index in [0.29, 0.717) is 12.2 Å². The van der Waals surface area contributed by atoms with Gasteiger partial charge in [-0.1, -0.05) is 6.07 Å². The van der Waals surface area contributed by atoms with E-state index < -0.39 is 5.75 Å². The molecule has 0 aromatic heterocycles. The lowest BCUT2D eigenvalue weighted by atomic mass is 10.1. The second-order valence-corrected chi connectivity index (χ2v) is 5.84. The second kappa shape index (κ2) is 5.21. The van der Waals surface area contributed by atoms with Crippen molar-refractivity contribution in [2.24, 2.45) is 0 Å². The molecule has 0 fully saturated rings. The smallest absolute Gasteiger partial charge is 0.262 e. The Hall–Kier alpha value is -2.34. The number of fused-ring (bicyclic) bond motifs is 1. The van der Waals surface area contributed by atoms with Crippen LogP contribution in [-0.4, -0.2) is 28.4 Å². The summed E-state index contributed by atoms with van der Waals surface area (Å²) in [7, 11) is 0. The molecule has 0 bridgehead atoms. The van der Waals surface area contributed by atoms with Crippen molar-refractivity contribution in [1.82, 2.24) is 0 Å². The number of nitrogen functional groups attached to an aromatic ring is 1. The summed E-state index contributed by atoms with van der Waals surface area (Å²) >= 11 is 1.66. The highest BCUT2D eigenvalue weighted by Gasteiger charge is 2.26. The van der Waals surface area contributed by atoms with Gasteiger partial charge in [0, 0.05) is 22.9 Å². The van der Waals surface area contributed by atoms with Crippen molar-refractivity contribution in [3.8, 4) is 11.5 Å². The quantitative estimate of drug-likeness (QED) is 0.556. The number of benzene rings is 2. The number of hydrogen-bond donors (Lipinski definition) is 3. The first kappa shape index (κ1) is 13.6. The fourth-order valence-corrected chi connectivity index (χ4v) is 3.27. The Morgan fingerprint density at radius 2 is 2.05 bits per heavy atom. The lowest BCUT2D eigenvalue weighted by molar-refractivity contribution is 0.0984. The van der Waals surface area contributed by atoms with E-state index in [2.05, 4.69) is 0 Å². The van der Waals surface area contributed by atoms with Gasteiger partial charge in [-0.05, 0) is 30.3 Å². The molecule has 0 radical (unpaired) electrons. The zero-order chi connectivity index (χ0) is 15.0. The molecule has 0 saturated carbocycles. The summed E-state index contributed by atoms with van der Waals surface area (Å²) in [5.74, 6) is -0.288. The predicted molar refractivity (Wildman–Crippen MR) is 83.0 cm³/mol. The van der Waals surface area contributed by atoms with Gasteiger partial charge in [0.05, 0.1) is 11.3 Å². The van der Waals surface area contributed by atoms with Gasteiger partial charge in [0.25, 0.3) is 5.91 Å². The Labute approximate surface area is 126 Å². The Morgan fingerprint density at radius 3 is 2.86 bits per heavy atom. The van der Waals surface area contributed by atoms with Gasteiger partial charge in [-0.2, -0.15) is 0 Å². The van der Waals surface area contributed by atoms with Crippen LogP contribution in [0.5, 0.6) is 11.5 Å². The summed E-state index contributed by atoms with van der Waals surface area (Å²) in [6.45, 7) is 0.523. The SMILES string of the molecule is Nc1ccc2c(c1)N(C(=O)c1cccc(O)c1O)CCS2. The lowest BCUT2D eigenvalue weighted by Gasteiger charge is -2.29. The highest BCUT2D eigenvalue weighted by Crippen LogP contribution is 2.38. The van der Waals surface area contributed by atoms with Crippen LogP contribution < -0.4 is 10.6 Å². The molecule has 6 heteroatoms. The normalized spacial score (nSPS) is 13.8. The molecule has 21 heavy (non-hydrogen) atoms. The van der Waals surface area contributed by atoms with E-state index in [0.717, 1.165) is 16.3 Å². The molecule has 3 rings (SSSR count). The first-order valence-corrected chi connectivity index (χ1v) is 7.41. The number of thioether (sulfide) groups is 1. The molecular weight excluding hydrogens is 288 g/mol. The molecule has 0 saturated heterocycles. The highest BCUT2D eigenvalue weighted by molar-refractivity contribution is 7.99. The Kier molecular flexibility index (Phi) is 3.39. The minimum atomic E-state index is -0.397. The van der Waals surface area contributed by atoms with Crippen molar-refractivity contribution in [3.63, 3.8) is 0 Å². The van der Waals surface area contributed by atoms with Gasteiger partial charge in [0.15, 0.2) is 11.5 Å². The standard InChI is InChI=1S/C15H14N2O3S/c16-9-4-5-13-11(8-9)17(6-7-21-13)15(20)10-2-1-3-12(18)14(10)19/h1-5,8,18-19H,6-7,16H2. The number of aromatic hydroxyl groups is 2. The lowest BCUT2D eigenvalue weighted by Crippen LogP contribution is -2.35. The molecule has 108 valence electrons. The number of carbonyl (C=O) groups excluding carboxylic acids is 1. The third kappa shape index (κ3) is 2.38. The number of phenols is 2. The number of para-hydroxylation sites is 1. The van der Waals surface area contributed by atoms with Gasteiger partial charge < -0.3 is 20.8 Å². The van der Waals surface area contributed by atoms with Gasteiger partial charge in [-0.15, -0.1) is 11.8 Å². The van der Waals surface area contributed by atoms with Crippen molar-refractivity contribution in [3.05, 3.63) is 42.0 Å². The van der Waals surface area contributed by atoms with E-state index in [9.17, 15) is 15.0 Å². The first-order valence-electron chi connectivity index (χ1n) is 6.43. The topological polar surface area (TPSA) is 86.8 Å². The van der Waals surface area contributed by atoms with Crippen LogP contribution in [0.3, 0.4) is 0 Å². The molecule has 0 unspecified atom stereocenters. The zero-order valence-electron chi connectivity index (χ0n) is 11.1. The molecule has 1 aliphatic heterocycles. The number of rotatable bonds is 1. The van der Waals surface area contributed by atoms with Crippen LogP contribution in [0.25, 0.3) is 0 Å². The monoisotopic (exact) mass is 302 g/mol. The molecular formula is C15H14N2O3S. The van der Waals surface area contributed by atoms with Gasteiger partial charge in [-0.25, -0.2) is 0 Å². The second-order valence-electron chi connectivity index (χ2n) is 4.71. The van der Waals surface area contributed by atoms with Crippen molar-refractivity contribution < 1.29 is 15.0 Å². The summed E-state index contributed by atoms with van der Waals surface area (Å²) in [5.41, 5.74) is 7.19. The highest BCUT2D eigenvalue weighted by atomic mass is 32.2. The summed E-state index contributed by atoms with van der Waals surface area (Å²) < 4.78 is 0. The van der Waals surface area contributed by atoms with E-state index in [1.807, 2.05) is 6.07 Å². The van der Waals surface area contributed by atoms with E-state index in [4.69, 9.17) is 5.73 Å². The van der Waals surface area contributed by atoms with Crippen LogP contribution in [0.1, 0.15) is 10.4 Å². The fourth-order valence-electron chi connectivity index (χ4n) is 2.29. The molecule has 2 aromatic carbocycles. The molecule has 5 nitrogen and oxygen atoms in total. The molecule has 1 heterocycles. The summed E-state index contributed by atoms with van der Waals surface area (Å²) in [5, 5.41) is 19.4. The Balaban J connectivity index is 2.04. The number of nitrogens with two attached hydrogens (primary N) is 1. The predicted octanol–water partition coefficient (Wildman–Crippen LogP) is 2.43. The van der Waals surface area contributed by atoms with Crippen LogP contribution in [0, 0.1) is 0 Å². The number of nitrogens with zero attached hydrogens (tertiary/aromatic N) is 1. The molecule has 2 aromatic rings. The fraction of sp³-hybridized carbons (Fsp3) is 0.133. The van der Waals surface area contributed by atoms with Crippen molar-refractivity contribution >= 4 is 29.0 Å². The van der Waals surface area contributed by atoms with Crippen LogP contribution in [0.15, 0.2) is 41.3 Å². The van der Waals surface area contributed by atoms with Crippen molar-refractivity contribution in [1.29, 1.82) is 0 Å². The first-order chi connectivity index (χ1) is 10.1. The van der Waals surface area contributed by atoms with Gasteiger partial charge in [0.1, 0.15) is 0 Å². The third-order valence-corrected chi connectivity index (χ3v) is 4.38. The van der Waals surface area contributed by atoms with E-state index >= 15 is 0 Å².